The number of hydrogen-bond donors (Lipinski definition) is 2. The van der Waals surface area contributed by atoms with E-state index in [1.54, 1.807) is 6.92 Å². The summed E-state index contributed by atoms with van der Waals surface area (Å²) in [5.41, 5.74) is 5.52. The van der Waals surface area contributed by atoms with Crippen LogP contribution in [0.25, 0.3) is 0 Å². The highest BCUT2D eigenvalue weighted by molar-refractivity contribution is 5.81. The standard InChI is InChI=1S/C8H17N3O/c1-6-5-10-3-4-11(6)8(12)7(2)9/h6-7,10H,3-5,9H2,1-2H3. The Balaban J connectivity index is 2.53. The van der Waals surface area contributed by atoms with Crippen molar-refractivity contribution in [3.8, 4) is 0 Å². The Kier molecular flexibility index (Phi) is 3.05. The molecule has 1 saturated heterocycles. The lowest BCUT2D eigenvalue weighted by Gasteiger charge is -2.34. The highest BCUT2D eigenvalue weighted by Crippen LogP contribution is 2.03. The van der Waals surface area contributed by atoms with Crippen LogP contribution >= 0.6 is 0 Å². The number of nitrogens with zero attached hydrogens (tertiary/aromatic N) is 1. The van der Waals surface area contributed by atoms with Crippen LogP contribution in [0, 0.1) is 0 Å². The molecule has 4 heteroatoms. The van der Waals surface area contributed by atoms with Gasteiger partial charge in [-0.1, -0.05) is 0 Å². The zero-order chi connectivity index (χ0) is 9.14. The van der Waals surface area contributed by atoms with Crippen LogP contribution in [-0.2, 0) is 4.79 Å². The normalized spacial score (nSPS) is 26.9. The maximum Gasteiger partial charge on any atom is 0.239 e. The van der Waals surface area contributed by atoms with Crippen LogP contribution in [0.2, 0.25) is 0 Å². The number of nitrogens with two attached hydrogens (primary N) is 1. The lowest BCUT2D eigenvalue weighted by atomic mass is 10.2. The Hall–Kier alpha value is -0.610. The number of amides is 1. The molecule has 12 heavy (non-hydrogen) atoms. The monoisotopic (exact) mass is 171 g/mol. The van der Waals surface area contributed by atoms with Crippen molar-refractivity contribution < 1.29 is 4.79 Å². The van der Waals surface area contributed by atoms with Crippen molar-refractivity contribution in [1.82, 2.24) is 10.2 Å². The molecule has 1 heterocycles. The molecule has 0 aromatic carbocycles. The van der Waals surface area contributed by atoms with E-state index in [-0.39, 0.29) is 18.0 Å². The van der Waals surface area contributed by atoms with Gasteiger partial charge in [0.15, 0.2) is 0 Å². The van der Waals surface area contributed by atoms with Crippen LogP contribution < -0.4 is 11.1 Å². The lowest BCUT2D eigenvalue weighted by Crippen LogP contribution is -2.55. The second-order valence-electron chi connectivity index (χ2n) is 3.37. The molecule has 70 valence electrons. The van der Waals surface area contributed by atoms with Crippen molar-refractivity contribution in [1.29, 1.82) is 0 Å². The van der Waals surface area contributed by atoms with E-state index in [0.29, 0.717) is 0 Å². The number of rotatable bonds is 1. The van der Waals surface area contributed by atoms with Crippen LogP contribution in [0.4, 0.5) is 0 Å². The molecule has 0 aliphatic carbocycles. The minimum absolute atomic E-state index is 0.0593. The van der Waals surface area contributed by atoms with Crippen LogP contribution in [0.3, 0.4) is 0 Å². The van der Waals surface area contributed by atoms with E-state index in [4.69, 9.17) is 5.73 Å². The summed E-state index contributed by atoms with van der Waals surface area (Å²) in [6.07, 6.45) is 0. The number of hydrogen-bond acceptors (Lipinski definition) is 3. The molecule has 1 rings (SSSR count). The second-order valence-corrected chi connectivity index (χ2v) is 3.37. The maximum atomic E-state index is 11.5. The van der Waals surface area contributed by atoms with Gasteiger partial charge in [-0.3, -0.25) is 4.79 Å². The Morgan fingerprint density at radius 1 is 1.75 bits per heavy atom. The zero-order valence-corrected chi connectivity index (χ0v) is 7.71. The van der Waals surface area contributed by atoms with Gasteiger partial charge in [-0.05, 0) is 13.8 Å². The van der Waals surface area contributed by atoms with Gasteiger partial charge in [-0.15, -0.1) is 0 Å². The molecular weight excluding hydrogens is 154 g/mol. The van der Waals surface area contributed by atoms with Crippen LogP contribution in [0.5, 0.6) is 0 Å². The number of carbonyl (C=O) groups excluding carboxylic acids is 1. The highest BCUT2D eigenvalue weighted by atomic mass is 16.2. The Labute approximate surface area is 73.1 Å². The smallest absolute Gasteiger partial charge is 0.239 e. The summed E-state index contributed by atoms with van der Waals surface area (Å²) in [6.45, 7) is 6.30. The number of piperazine rings is 1. The highest BCUT2D eigenvalue weighted by Gasteiger charge is 2.24. The van der Waals surface area contributed by atoms with Gasteiger partial charge in [0.2, 0.25) is 5.91 Å². The molecule has 0 spiro atoms. The van der Waals surface area contributed by atoms with Gasteiger partial charge in [-0.2, -0.15) is 0 Å². The fraction of sp³-hybridized carbons (Fsp3) is 0.875. The Bertz CT molecular complexity index is 170. The molecule has 3 N–H and O–H groups in total. The van der Waals surface area contributed by atoms with E-state index in [1.807, 2.05) is 11.8 Å². The van der Waals surface area contributed by atoms with Crippen LogP contribution in [0.15, 0.2) is 0 Å². The summed E-state index contributed by atoms with van der Waals surface area (Å²) in [5, 5.41) is 3.22. The first kappa shape index (κ1) is 9.48. The fourth-order valence-electron chi connectivity index (χ4n) is 1.43. The topological polar surface area (TPSA) is 58.4 Å². The Morgan fingerprint density at radius 2 is 2.42 bits per heavy atom. The molecule has 0 aromatic rings. The van der Waals surface area contributed by atoms with Gasteiger partial charge in [-0.25, -0.2) is 0 Å². The van der Waals surface area contributed by atoms with Crippen molar-refractivity contribution >= 4 is 5.91 Å². The molecule has 0 radical (unpaired) electrons. The molecule has 2 unspecified atom stereocenters. The van der Waals surface area contributed by atoms with Crippen molar-refractivity contribution in [2.75, 3.05) is 19.6 Å². The van der Waals surface area contributed by atoms with Gasteiger partial charge in [0, 0.05) is 25.7 Å². The van der Waals surface area contributed by atoms with E-state index < -0.39 is 0 Å². The molecule has 1 aliphatic heterocycles. The summed E-state index contributed by atoms with van der Waals surface area (Å²) in [7, 11) is 0. The van der Waals surface area contributed by atoms with Crippen LogP contribution in [0.1, 0.15) is 13.8 Å². The summed E-state index contributed by atoms with van der Waals surface area (Å²) in [4.78, 5) is 13.3. The minimum atomic E-state index is -0.370. The summed E-state index contributed by atoms with van der Waals surface area (Å²) in [5.74, 6) is 0.0593. The van der Waals surface area contributed by atoms with E-state index in [0.717, 1.165) is 19.6 Å². The van der Waals surface area contributed by atoms with Crippen molar-refractivity contribution in [2.45, 2.75) is 25.9 Å². The van der Waals surface area contributed by atoms with E-state index in [1.165, 1.54) is 0 Å². The van der Waals surface area contributed by atoms with E-state index >= 15 is 0 Å². The molecule has 0 saturated carbocycles. The number of nitrogens with one attached hydrogen (secondary N) is 1. The fourth-order valence-corrected chi connectivity index (χ4v) is 1.43. The van der Waals surface area contributed by atoms with Crippen LogP contribution in [-0.4, -0.2) is 42.5 Å². The first-order chi connectivity index (χ1) is 5.63. The maximum absolute atomic E-state index is 11.5. The first-order valence-electron chi connectivity index (χ1n) is 4.39. The summed E-state index contributed by atoms with van der Waals surface area (Å²) in [6, 6.07) is -0.0946. The lowest BCUT2D eigenvalue weighted by molar-refractivity contribution is -0.134. The molecule has 0 bridgehead atoms. The van der Waals surface area contributed by atoms with E-state index in [2.05, 4.69) is 5.32 Å². The van der Waals surface area contributed by atoms with E-state index in [9.17, 15) is 4.79 Å². The van der Waals surface area contributed by atoms with Gasteiger partial charge in [0.05, 0.1) is 6.04 Å². The van der Waals surface area contributed by atoms with Crippen molar-refractivity contribution in [3.05, 3.63) is 0 Å². The molecule has 1 fully saturated rings. The molecule has 1 amide bonds. The minimum Gasteiger partial charge on any atom is -0.336 e. The molecule has 0 aromatic heterocycles. The van der Waals surface area contributed by atoms with Gasteiger partial charge in [0.1, 0.15) is 0 Å². The average Bonchev–Trinajstić information content (AvgIpc) is 2.04. The van der Waals surface area contributed by atoms with Gasteiger partial charge >= 0.3 is 0 Å². The quantitative estimate of drug-likeness (QED) is 0.540. The largest absolute Gasteiger partial charge is 0.336 e. The molecular formula is C8H17N3O. The molecule has 4 nitrogen and oxygen atoms in total. The predicted octanol–water partition coefficient (Wildman–Crippen LogP) is -0.846. The first-order valence-corrected chi connectivity index (χ1v) is 4.39. The Morgan fingerprint density at radius 3 is 2.92 bits per heavy atom. The second kappa shape index (κ2) is 3.87. The van der Waals surface area contributed by atoms with Gasteiger partial charge < -0.3 is 16.0 Å². The molecule has 1 aliphatic rings. The zero-order valence-electron chi connectivity index (χ0n) is 7.71. The predicted molar refractivity (Wildman–Crippen MR) is 47.7 cm³/mol. The van der Waals surface area contributed by atoms with Crippen molar-refractivity contribution in [3.63, 3.8) is 0 Å². The molecule has 2 atom stereocenters. The average molecular weight is 171 g/mol. The third kappa shape index (κ3) is 1.95. The van der Waals surface area contributed by atoms with Gasteiger partial charge in [0.25, 0.3) is 0 Å². The summed E-state index contributed by atoms with van der Waals surface area (Å²) >= 11 is 0. The number of carbonyl (C=O) groups is 1. The summed E-state index contributed by atoms with van der Waals surface area (Å²) < 4.78 is 0. The third-order valence-electron chi connectivity index (χ3n) is 2.17. The van der Waals surface area contributed by atoms with Crippen molar-refractivity contribution in [2.24, 2.45) is 5.73 Å². The third-order valence-corrected chi connectivity index (χ3v) is 2.17. The SMILES string of the molecule is CC(N)C(=O)N1CCNCC1C.